The summed E-state index contributed by atoms with van der Waals surface area (Å²) in [7, 11) is 0. The predicted molar refractivity (Wildman–Crippen MR) is 63.9 cm³/mol. The third-order valence-corrected chi connectivity index (χ3v) is 3.35. The molecule has 2 rings (SSSR count). The SMILES string of the molecule is [2H]C([2H])(O)C1CN(C(=O)O)CCC1c1ccc(F)cc1. The third kappa shape index (κ3) is 2.61. The second kappa shape index (κ2) is 5.35. The number of aliphatic hydroxyl groups is 1. The topological polar surface area (TPSA) is 60.8 Å². The lowest BCUT2D eigenvalue weighted by Gasteiger charge is -2.36. The second-order valence-electron chi connectivity index (χ2n) is 4.41. The van der Waals surface area contributed by atoms with Gasteiger partial charge in [-0.2, -0.15) is 0 Å². The normalized spacial score (nSPS) is 26.4. The van der Waals surface area contributed by atoms with Gasteiger partial charge in [0.05, 0.1) is 2.74 Å². The van der Waals surface area contributed by atoms with Crippen molar-refractivity contribution in [3.63, 3.8) is 0 Å². The van der Waals surface area contributed by atoms with Gasteiger partial charge >= 0.3 is 6.09 Å². The summed E-state index contributed by atoms with van der Waals surface area (Å²) in [6, 6.07) is 5.66. The van der Waals surface area contributed by atoms with E-state index < -0.39 is 18.6 Å². The van der Waals surface area contributed by atoms with E-state index in [4.69, 9.17) is 7.85 Å². The van der Waals surface area contributed by atoms with Crippen LogP contribution in [0.2, 0.25) is 0 Å². The maximum atomic E-state index is 12.9. The fraction of sp³-hybridized carbons (Fsp3) is 0.462. The lowest BCUT2D eigenvalue weighted by atomic mass is 9.81. The van der Waals surface area contributed by atoms with Crippen molar-refractivity contribution < 1.29 is 22.1 Å². The number of rotatable bonds is 2. The van der Waals surface area contributed by atoms with Crippen LogP contribution in [0.1, 0.15) is 20.6 Å². The van der Waals surface area contributed by atoms with Crippen LogP contribution in [0.5, 0.6) is 0 Å². The molecule has 1 aromatic carbocycles. The fourth-order valence-corrected chi connectivity index (χ4v) is 2.37. The van der Waals surface area contributed by atoms with Gasteiger partial charge in [-0.3, -0.25) is 0 Å². The van der Waals surface area contributed by atoms with E-state index in [9.17, 15) is 14.3 Å². The van der Waals surface area contributed by atoms with E-state index in [1.165, 1.54) is 12.1 Å². The number of likely N-dealkylation sites (tertiary alicyclic amines) is 1. The molecule has 1 aliphatic heterocycles. The molecule has 5 heteroatoms. The molecule has 2 unspecified atom stereocenters. The molecule has 0 saturated carbocycles. The van der Waals surface area contributed by atoms with Gasteiger partial charge in [-0.1, -0.05) is 12.1 Å². The fourth-order valence-electron chi connectivity index (χ4n) is 2.37. The van der Waals surface area contributed by atoms with E-state index in [2.05, 4.69) is 0 Å². The van der Waals surface area contributed by atoms with Crippen LogP contribution in [0.3, 0.4) is 0 Å². The number of carbonyl (C=O) groups is 1. The van der Waals surface area contributed by atoms with E-state index in [0.717, 1.165) is 4.90 Å². The monoisotopic (exact) mass is 255 g/mol. The summed E-state index contributed by atoms with van der Waals surface area (Å²) in [5.41, 5.74) is 0.708. The van der Waals surface area contributed by atoms with Gasteiger partial charge in [0.15, 0.2) is 0 Å². The minimum atomic E-state index is -2.49. The number of amides is 1. The summed E-state index contributed by atoms with van der Waals surface area (Å²) in [6.45, 7) is -2.31. The number of carboxylic acid groups (broad SMARTS) is 1. The van der Waals surface area contributed by atoms with E-state index >= 15 is 0 Å². The van der Waals surface area contributed by atoms with Gasteiger partial charge in [0, 0.05) is 25.6 Å². The van der Waals surface area contributed by atoms with Crippen LogP contribution in [0.4, 0.5) is 9.18 Å². The maximum Gasteiger partial charge on any atom is 0.407 e. The Morgan fingerprint density at radius 3 is 2.72 bits per heavy atom. The largest absolute Gasteiger partial charge is 0.465 e. The van der Waals surface area contributed by atoms with Crippen LogP contribution in [-0.2, 0) is 0 Å². The van der Waals surface area contributed by atoms with Gasteiger partial charge < -0.3 is 15.1 Å². The molecule has 1 amide bonds. The van der Waals surface area contributed by atoms with Crippen molar-refractivity contribution >= 4 is 6.09 Å². The lowest BCUT2D eigenvalue weighted by Crippen LogP contribution is -2.43. The first-order valence-electron chi connectivity index (χ1n) is 6.74. The Morgan fingerprint density at radius 2 is 2.17 bits per heavy atom. The zero-order chi connectivity index (χ0) is 14.9. The van der Waals surface area contributed by atoms with Gasteiger partial charge in [0.1, 0.15) is 5.82 Å². The van der Waals surface area contributed by atoms with Crippen molar-refractivity contribution in [2.75, 3.05) is 19.6 Å². The molecule has 0 radical (unpaired) electrons. The summed E-state index contributed by atoms with van der Waals surface area (Å²) in [5, 5.41) is 18.7. The summed E-state index contributed by atoms with van der Waals surface area (Å²) in [5.74, 6) is -1.61. The van der Waals surface area contributed by atoms with Crippen molar-refractivity contribution in [3.05, 3.63) is 35.6 Å². The molecule has 1 heterocycles. The summed E-state index contributed by atoms with van der Waals surface area (Å²) >= 11 is 0. The van der Waals surface area contributed by atoms with Crippen LogP contribution < -0.4 is 0 Å². The highest BCUT2D eigenvalue weighted by Crippen LogP contribution is 2.32. The van der Waals surface area contributed by atoms with Crippen molar-refractivity contribution in [2.24, 2.45) is 5.92 Å². The predicted octanol–water partition coefficient (Wildman–Crippen LogP) is 1.90. The van der Waals surface area contributed by atoms with Crippen LogP contribution >= 0.6 is 0 Å². The van der Waals surface area contributed by atoms with Gasteiger partial charge in [-0.05, 0) is 30.0 Å². The van der Waals surface area contributed by atoms with E-state index in [-0.39, 0.29) is 24.8 Å². The lowest BCUT2D eigenvalue weighted by molar-refractivity contribution is 0.0886. The molecule has 0 spiro atoms. The molecule has 2 atom stereocenters. The molecule has 0 aromatic heterocycles. The van der Waals surface area contributed by atoms with Crippen molar-refractivity contribution in [1.82, 2.24) is 4.90 Å². The van der Waals surface area contributed by atoms with Gasteiger partial charge in [-0.25, -0.2) is 9.18 Å². The number of hydrogen-bond donors (Lipinski definition) is 2. The van der Waals surface area contributed by atoms with Crippen LogP contribution in [-0.4, -0.2) is 40.9 Å². The van der Waals surface area contributed by atoms with Crippen molar-refractivity contribution in [1.29, 1.82) is 0 Å². The van der Waals surface area contributed by atoms with Gasteiger partial charge in [0.25, 0.3) is 0 Å². The van der Waals surface area contributed by atoms with Gasteiger partial charge in [0.2, 0.25) is 0 Å². The average molecular weight is 255 g/mol. The molecule has 18 heavy (non-hydrogen) atoms. The molecular weight excluding hydrogens is 237 g/mol. The molecule has 2 N–H and O–H groups in total. The third-order valence-electron chi connectivity index (χ3n) is 3.35. The maximum absolute atomic E-state index is 12.9. The Bertz CT molecular complexity index is 489. The highest BCUT2D eigenvalue weighted by molar-refractivity contribution is 5.65. The molecule has 4 nitrogen and oxygen atoms in total. The number of benzene rings is 1. The number of nitrogens with zero attached hydrogens (tertiary/aromatic N) is 1. The average Bonchev–Trinajstić information content (AvgIpc) is 2.38. The van der Waals surface area contributed by atoms with E-state index in [1.54, 1.807) is 12.1 Å². The Balaban J connectivity index is 2.27. The van der Waals surface area contributed by atoms with Gasteiger partial charge in [-0.15, -0.1) is 0 Å². The van der Waals surface area contributed by atoms with Crippen molar-refractivity contribution in [3.8, 4) is 0 Å². The van der Waals surface area contributed by atoms with Crippen LogP contribution in [0, 0.1) is 11.7 Å². The smallest absolute Gasteiger partial charge is 0.407 e. The van der Waals surface area contributed by atoms with E-state index in [0.29, 0.717) is 12.0 Å². The zero-order valence-corrected chi connectivity index (χ0v) is 9.71. The molecular formula is C13H16FNO3. The quantitative estimate of drug-likeness (QED) is 0.848. The molecule has 1 saturated heterocycles. The van der Waals surface area contributed by atoms with Crippen LogP contribution in [0.25, 0.3) is 0 Å². The molecule has 0 bridgehead atoms. The standard InChI is InChI=1S/C13H16FNO3/c14-11-3-1-9(2-4-11)12-5-6-15(13(17)18)7-10(12)8-16/h1-4,10,12,16H,5-8H2,(H,17,18)/i8D2. The first kappa shape index (κ1) is 10.3. The summed E-state index contributed by atoms with van der Waals surface area (Å²) in [4.78, 5) is 12.1. The molecule has 1 fully saturated rings. The minimum Gasteiger partial charge on any atom is -0.465 e. The summed E-state index contributed by atoms with van der Waals surface area (Å²) < 4.78 is 28.0. The van der Waals surface area contributed by atoms with Crippen LogP contribution in [0.15, 0.2) is 24.3 Å². The minimum absolute atomic E-state index is 0.0825. The highest BCUT2D eigenvalue weighted by Gasteiger charge is 2.31. The first-order chi connectivity index (χ1) is 9.29. The Hall–Kier alpha value is -1.62. The highest BCUT2D eigenvalue weighted by atomic mass is 19.1. The Kier molecular flexibility index (Phi) is 3.07. The van der Waals surface area contributed by atoms with Crippen molar-refractivity contribution in [2.45, 2.75) is 12.3 Å². The molecule has 1 aromatic rings. The molecule has 1 aliphatic rings. The Morgan fingerprint density at radius 1 is 1.50 bits per heavy atom. The number of hydrogen-bond acceptors (Lipinski definition) is 2. The number of halogens is 1. The zero-order valence-electron chi connectivity index (χ0n) is 11.7. The first-order valence-corrected chi connectivity index (χ1v) is 5.74. The summed E-state index contributed by atoms with van der Waals surface area (Å²) in [6.07, 6.45) is -0.736. The Labute approximate surface area is 107 Å². The van der Waals surface area contributed by atoms with E-state index in [1.807, 2.05) is 0 Å². The molecule has 98 valence electrons. The molecule has 0 aliphatic carbocycles. The number of piperidine rings is 1. The second-order valence-corrected chi connectivity index (χ2v) is 4.41.